The highest BCUT2D eigenvalue weighted by atomic mass is 16.4. The van der Waals surface area contributed by atoms with Crippen LogP contribution in [0.5, 0.6) is 0 Å². The van der Waals surface area contributed by atoms with Crippen LogP contribution in [0.1, 0.15) is 34.1 Å². The summed E-state index contributed by atoms with van der Waals surface area (Å²) >= 11 is 0. The van der Waals surface area contributed by atoms with Gasteiger partial charge in [0.2, 0.25) is 0 Å². The minimum Gasteiger partial charge on any atom is -0.481 e. The number of urea groups is 1. The maximum Gasteiger partial charge on any atom is 0.318 e. The molecule has 2 N–H and O–H groups in total. The molecular weight excluding hydrogens is 246 g/mol. The Hall–Kier alpha value is -1.30. The summed E-state index contributed by atoms with van der Waals surface area (Å²) in [7, 11) is 3.88. The maximum atomic E-state index is 12.2. The van der Waals surface area contributed by atoms with E-state index in [1.807, 2.05) is 46.7 Å². The van der Waals surface area contributed by atoms with Crippen molar-refractivity contribution in [3.05, 3.63) is 0 Å². The van der Waals surface area contributed by atoms with Crippen molar-refractivity contribution in [3.63, 3.8) is 0 Å². The van der Waals surface area contributed by atoms with Crippen molar-refractivity contribution in [3.8, 4) is 0 Å². The van der Waals surface area contributed by atoms with Gasteiger partial charge >= 0.3 is 12.0 Å². The summed E-state index contributed by atoms with van der Waals surface area (Å²) in [6.07, 6.45) is -0.0489. The molecule has 0 radical (unpaired) electrons. The van der Waals surface area contributed by atoms with Gasteiger partial charge in [-0.05, 0) is 41.8 Å². The van der Waals surface area contributed by atoms with Gasteiger partial charge in [-0.3, -0.25) is 4.79 Å². The first kappa shape index (κ1) is 17.7. The van der Waals surface area contributed by atoms with E-state index in [1.165, 1.54) is 0 Å². The molecule has 0 bridgehead atoms. The second-order valence-electron chi connectivity index (χ2n) is 6.08. The molecule has 0 aliphatic carbocycles. The number of nitrogens with one attached hydrogen (secondary N) is 1. The number of aliphatic carboxylic acids is 1. The molecule has 0 saturated carbocycles. The van der Waals surface area contributed by atoms with Gasteiger partial charge in [0.05, 0.1) is 6.42 Å². The molecule has 1 unspecified atom stereocenters. The van der Waals surface area contributed by atoms with Gasteiger partial charge < -0.3 is 20.2 Å². The van der Waals surface area contributed by atoms with E-state index in [-0.39, 0.29) is 25.0 Å². The minimum atomic E-state index is -0.900. The Kier molecular flexibility index (Phi) is 6.83. The number of nitrogens with zero attached hydrogens (tertiary/aromatic N) is 2. The molecule has 0 aromatic carbocycles. The Morgan fingerprint density at radius 3 is 2.16 bits per heavy atom. The van der Waals surface area contributed by atoms with Crippen LogP contribution < -0.4 is 5.32 Å². The summed E-state index contributed by atoms with van der Waals surface area (Å²) in [4.78, 5) is 26.4. The first-order valence-corrected chi connectivity index (χ1v) is 6.48. The zero-order valence-corrected chi connectivity index (χ0v) is 12.9. The molecule has 0 fully saturated rings. The number of likely N-dealkylation sites (N-methyl/N-ethyl adjacent to an activating group) is 1. The van der Waals surface area contributed by atoms with Gasteiger partial charge in [0.1, 0.15) is 0 Å². The second kappa shape index (κ2) is 7.33. The maximum absolute atomic E-state index is 12.2. The van der Waals surface area contributed by atoms with Crippen LogP contribution in [-0.4, -0.2) is 65.7 Å². The average molecular weight is 273 g/mol. The molecule has 0 spiro atoms. The summed E-state index contributed by atoms with van der Waals surface area (Å²) in [5, 5.41) is 11.6. The van der Waals surface area contributed by atoms with Gasteiger partial charge in [-0.15, -0.1) is 0 Å². The largest absolute Gasteiger partial charge is 0.481 e. The van der Waals surface area contributed by atoms with Crippen molar-refractivity contribution in [2.24, 2.45) is 0 Å². The average Bonchev–Trinajstić information content (AvgIpc) is 2.12. The fourth-order valence-electron chi connectivity index (χ4n) is 1.83. The summed E-state index contributed by atoms with van der Waals surface area (Å²) in [6, 6.07) is -0.208. The molecule has 19 heavy (non-hydrogen) atoms. The fourth-order valence-corrected chi connectivity index (χ4v) is 1.83. The van der Waals surface area contributed by atoms with E-state index in [4.69, 9.17) is 5.11 Å². The molecular formula is C13H27N3O3. The van der Waals surface area contributed by atoms with Crippen molar-refractivity contribution in [2.45, 2.75) is 45.7 Å². The van der Waals surface area contributed by atoms with Gasteiger partial charge in [0.25, 0.3) is 0 Å². The van der Waals surface area contributed by atoms with E-state index in [0.29, 0.717) is 0 Å². The number of amides is 2. The zero-order chi connectivity index (χ0) is 15.2. The smallest absolute Gasteiger partial charge is 0.318 e. The Bertz CT molecular complexity index is 311. The molecule has 0 rings (SSSR count). The number of carbonyl (C=O) groups is 2. The molecule has 2 amide bonds. The van der Waals surface area contributed by atoms with E-state index in [1.54, 1.807) is 4.90 Å². The number of rotatable bonds is 6. The molecule has 0 heterocycles. The summed E-state index contributed by atoms with van der Waals surface area (Å²) in [5.74, 6) is -0.900. The molecule has 1 atom stereocenters. The number of carboxylic acid groups (broad SMARTS) is 1. The molecule has 6 nitrogen and oxygen atoms in total. The molecule has 6 heteroatoms. The van der Waals surface area contributed by atoms with E-state index < -0.39 is 11.5 Å². The third kappa shape index (κ3) is 7.66. The minimum absolute atomic E-state index is 0.0113. The van der Waals surface area contributed by atoms with Crippen molar-refractivity contribution >= 4 is 12.0 Å². The van der Waals surface area contributed by atoms with Crippen molar-refractivity contribution in [1.82, 2.24) is 15.1 Å². The predicted molar refractivity (Wildman–Crippen MR) is 75.3 cm³/mol. The van der Waals surface area contributed by atoms with Gasteiger partial charge in [0.15, 0.2) is 0 Å². The second-order valence-corrected chi connectivity index (χ2v) is 6.08. The third-order valence-electron chi connectivity index (χ3n) is 2.61. The lowest BCUT2D eigenvalue weighted by molar-refractivity contribution is -0.137. The summed E-state index contributed by atoms with van der Waals surface area (Å²) < 4.78 is 0. The Labute approximate surface area is 115 Å². The lowest BCUT2D eigenvalue weighted by Gasteiger charge is -2.36. The van der Waals surface area contributed by atoms with Gasteiger partial charge in [-0.1, -0.05) is 0 Å². The topological polar surface area (TPSA) is 72.9 Å². The SMILES string of the molecule is CC(CN(C)C)NC(=O)N(CCC(=O)O)C(C)(C)C. The van der Waals surface area contributed by atoms with Gasteiger partial charge in [0, 0.05) is 24.7 Å². The van der Waals surface area contributed by atoms with Crippen molar-refractivity contribution in [1.29, 1.82) is 0 Å². The van der Waals surface area contributed by atoms with E-state index >= 15 is 0 Å². The first-order valence-electron chi connectivity index (χ1n) is 6.48. The summed E-state index contributed by atoms with van der Waals surface area (Å²) in [6.45, 7) is 8.55. The Balaban J connectivity index is 4.59. The van der Waals surface area contributed by atoms with Crippen LogP contribution in [0.3, 0.4) is 0 Å². The van der Waals surface area contributed by atoms with Crippen molar-refractivity contribution in [2.75, 3.05) is 27.2 Å². The van der Waals surface area contributed by atoms with E-state index in [9.17, 15) is 9.59 Å². The number of carboxylic acids is 1. The van der Waals surface area contributed by atoms with Crippen LogP contribution in [0.15, 0.2) is 0 Å². The highest BCUT2D eigenvalue weighted by molar-refractivity contribution is 5.76. The third-order valence-corrected chi connectivity index (χ3v) is 2.61. The van der Waals surface area contributed by atoms with Crippen molar-refractivity contribution < 1.29 is 14.7 Å². The molecule has 0 aromatic heterocycles. The van der Waals surface area contributed by atoms with E-state index in [2.05, 4.69) is 5.32 Å². The highest BCUT2D eigenvalue weighted by Gasteiger charge is 2.27. The van der Waals surface area contributed by atoms with Crippen LogP contribution in [0, 0.1) is 0 Å². The zero-order valence-electron chi connectivity index (χ0n) is 12.9. The standard InChI is InChI=1S/C13H27N3O3/c1-10(9-15(5)6)14-12(19)16(13(2,3)4)8-7-11(17)18/h10H,7-9H2,1-6H3,(H,14,19)(H,17,18). The van der Waals surface area contributed by atoms with Crippen LogP contribution >= 0.6 is 0 Å². The van der Waals surface area contributed by atoms with Gasteiger partial charge in [-0.2, -0.15) is 0 Å². The number of hydrogen-bond acceptors (Lipinski definition) is 3. The van der Waals surface area contributed by atoms with E-state index in [0.717, 1.165) is 6.54 Å². The quantitative estimate of drug-likeness (QED) is 0.763. The van der Waals surface area contributed by atoms with Gasteiger partial charge in [-0.25, -0.2) is 4.79 Å². The van der Waals surface area contributed by atoms with Crippen LogP contribution in [-0.2, 0) is 4.79 Å². The molecule has 0 saturated heterocycles. The Morgan fingerprint density at radius 1 is 1.26 bits per heavy atom. The lowest BCUT2D eigenvalue weighted by atomic mass is 10.1. The molecule has 0 aliphatic rings. The lowest BCUT2D eigenvalue weighted by Crippen LogP contribution is -2.54. The van der Waals surface area contributed by atoms with Crippen LogP contribution in [0.4, 0.5) is 4.79 Å². The summed E-state index contributed by atoms with van der Waals surface area (Å²) in [5.41, 5.74) is -0.405. The fraction of sp³-hybridized carbons (Fsp3) is 0.846. The van der Waals surface area contributed by atoms with Crippen LogP contribution in [0.2, 0.25) is 0 Å². The molecule has 0 aromatic rings. The Morgan fingerprint density at radius 2 is 1.79 bits per heavy atom. The molecule has 112 valence electrons. The number of hydrogen-bond donors (Lipinski definition) is 2. The predicted octanol–water partition coefficient (Wildman–Crippen LogP) is 1.22. The normalized spacial score (nSPS) is 13.2. The first-order chi connectivity index (χ1) is 8.54. The number of carbonyl (C=O) groups excluding carboxylic acids is 1. The highest BCUT2D eigenvalue weighted by Crippen LogP contribution is 2.14. The van der Waals surface area contributed by atoms with Crippen LogP contribution in [0.25, 0.3) is 0 Å². The monoisotopic (exact) mass is 273 g/mol. The molecule has 0 aliphatic heterocycles.